The fourth-order valence-electron chi connectivity index (χ4n) is 3.82. The molecule has 0 fully saturated rings. The molecule has 208 valence electrons. The van der Waals surface area contributed by atoms with Gasteiger partial charge in [-0.1, -0.05) is 44.5 Å². The van der Waals surface area contributed by atoms with Crippen molar-refractivity contribution in [1.82, 2.24) is 0 Å². The van der Waals surface area contributed by atoms with Gasteiger partial charge in [-0.2, -0.15) is 0 Å². The van der Waals surface area contributed by atoms with Crippen molar-refractivity contribution >= 4 is 0 Å². The van der Waals surface area contributed by atoms with Crippen LogP contribution in [-0.2, 0) is 12.8 Å². The highest BCUT2D eigenvalue weighted by Crippen LogP contribution is 2.37. The van der Waals surface area contributed by atoms with E-state index in [0.29, 0.717) is 36.0 Å². The maximum Gasteiger partial charge on any atom is 0.122 e. The van der Waals surface area contributed by atoms with Gasteiger partial charge in [0.2, 0.25) is 0 Å². The number of benzene rings is 4. The molecular weight excluding hydrogens is 500 g/mol. The lowest BCUT2D eigenvalue weighted by atomic mass is 9.86. The number of rotatable bonds is 6. The molecule has 8 N–H and O–H groups in total. The molecule has 39 heavy (non-hydrogen) atoms. The van der Waals surface area contributed by atoms with Crippen molar-refractivity contribution in [3.05, 3.63) is 95.6 Å². The minimum Gasteiger partial charge on any atom is -0.508 e. The molecule has 0 aliphatic rings. The van der Waals surface area contributed by atoms with Gasteiger partial charge in [-0.15, -0.1) is 0 Å². The lowest BCUT2D eigenvalue weighted by molar-refractivity contribution is 0.429. The molecule has 0 radical (unpaired) electrons. The summed E-state index contributed by atoms with van der Waals surface area (Å²) < 4.78 is 0. The minimum absolute atomic E-state index is 0.0128. The van der Waals surface area contributed by atoms with E-state index in [-0.39, 0.29) is 51.9 Å². The lowest BCUT2D eigenvalue weighted by Crippen LogP contribution is -2.06. The average molecular weight is 537 g/mol. The van der Waals surface area contributed by atoms with Crippen LogP contribution >= 0.6 is 0 Å². The molecule has 0 spiro atoms. The minimum atomic E-state index is -0.232. The van der Waals surface area contributed by atoms with Gasteiger partial charge in [-0.05, 0) is 72.2 Å². The van der Waals surface area contributed by atoms with Crippen molar-refractivity contribution in [3.63, 3.8) is 0 Å². The number of phenolic OH excluding ortho intramolecular Hbond substituents is 8. The topological polar surface area (TPSA) is 162 Å². The third-order valence-electron chi connectivity index (χ3n) is 5.65. The Bertz CT molecular complexity index is 1320. The molecule has 0 aliphatic heterocycles. The Morgan fingerprint density at radius 2 is 0.949 bits per heavy atom. The zero-order valence-corrected chi connectivity index (χ0v) is 22.0. The highest BCUT2D eigenvalue weighted by atomic mass is 16.3. The predicted octanol–water partition coefficient (Wildman–Crippen LogP) is 6.39. The molecule has 4 rings (SSSR count). The van der Waals surface area contributed by atoms with E-state index in [1.54, 1.807) is 24.3 Å². The molecule has 1 atom stereocenters. The number of hydrogen-bond donors (Lipinski definition) is 8. The number of hydrogen-bond acceptors (Lipinski definition) is 8. The Labute approximate surface area is 228 Å². The first kappa shape index (κ1) is 30.5. The van der Waals surface area contributed by atoms with Crippen LogP contribution in [0.1, 0.15) is 49.3 Å². The molecule has 8 heteroatoms. The Morgan fingerprint density at radius 1 is 0.513 bits per heavy atom. The van der Waals surface area contributed by atoms with E-state index < -0.39 is 0 Å². The second kappa shape index (κ2) is 14.9. The number of aryl methyl sites for hydroxylation is 1. The Balaban J connectivity index is 0.000000405. The zero-order valence-electron chi connectivity index (χ0n) is 22.0. The zero-order chi connectivity index (χ0) is 28.9. The van der Waals surface area contributed by atoms with Crippen LogP contribution in [0.15, 0.2) is 78.9 Å². The normalized spacial score (nSPS) is 10.9. The summed E-state index contributed by atoms with van der Waals surface area (Å²) in [5.41, 5.74) is 1.85. The average Bonchev–Trinajstić information content (AvgIpc) is 2.85. The predicted molar refractivity (Wildman–Crippen MR) is 150 cm³/mol. The smallest absolute Gasteiger partial charge is 0.122 e. The molecule has 4 aromatic carbocycles. The van der Waals surface area contributed by atoms with E-state index in [1.807, 2.05) is 0 Å². The SMILES string of the molecule is CCC.Oc1ccc(CCC(Cc2ccc(O)cc2O)c2ccc(O)cc2O)c(O)c1.Oc1cccc(O)c1. The van der Waals surface area contributed by atoms with Crippen LogP contribution in [0, 0.1) is 0 Å². The fourth-order valence-corrected chi connectivity index (χ4v) is 3.82. The van der Waals surface area contributed by atoms with Gasteiger partial charge >= 0.3 is 0 Å². The van der Waals surface area contributed by atoms with Crippen LogP contribution < -0.4 is 0 Å². The first-order valence-electron chi connectivity index (χ1n) is 12.6. The maximum absolute atomic E-state index is 10.3. The maximum atomic E-state index is 10.3. The van der Waals surface area contributed by atoms with Gasteiger partial charge in [0.1, 0.15) is 46.0 Å². The van der Waals surface area contributed by atoms with E-state index in [4.69, 9.17) is 10.2 Å². The van der Waals surface area contributed by atoms with Gasteiger partial charge in [-0.3, -0.25) is 0 Å². The van der Waals surface area contributed by atoms with Gasteiger partial charge in [0.25, 0.3) is 0 Å². The molecule has 0 aromatic heterocycles. The summed E-state index contributed by atoms with van der Waals surface area (Å²) in [7, 11) is 0. The summed E-state index contributed by atoms with van der Waals surface area (Å²) in [5, 5.41) is 76.3. The molecule has 0 bridgehead atoms. The first-order valence-corrected chi connectivity index (χ1v) is 12.6. The van der Waals surface area contributed by atoms with Gasteiger partial charge in [0.15, 0.2) is 0 Å². The summed E-state index contributed by atoms with van der Waals surface area (Å²) in [6.07, 6.45) is 2.62. The van der Waals surface area contributed by atoms with Crippen LogP contribution in [0.3, 0.4) is 0 Å². The Hall–Kier alpha value is -4.72. The van der Waals surface area contributed by atoms with Gasteiger partial charge < -0.3 is 40.9 Å². The van der Waals surface area contributed by atoms with Gasteiger partial charge in [-0.25, -0.2) is 0 Å². The van der Waals surface area contributed by atoms with E-state index in [1.165, 1.54) is 61.0 Å². The van der Waals surface area contributed by atoms with Crippen LogP contribution in [0.2, 0.25) is 0 Å². The molecule has 0 amide bonds. The van der Waals surface area contributed by atoms with Gasteiger partial charge in [0, 0.05) is 24.3 Å². The molecule has 0 aliphatic carbocycles. The summed E-state index contributed by atoms with van der Waals surface area (Å²) in [4.78, 5) is 0. The molecule has 0 saturated heterocycles. The van der Waals surface area contributed by atoms with E-state index >= 15 is 0 Å². The number of aromatic hydroxyl groups is 8. The second-order valence-corrected chi connectivity index (χ2v) is 9.04. The highest BCUT2D eigenvalue weighted by Gasteiger charge is 2.19. The van der Waals surface area contributed by atoms with Crippen LogP contribution in [0.25, 0.3) is 0 Å². The Morgan fingerprint density at radius 3 is 1.38 bits per heavy atom. The third-order valence-corrected chi connectivity index (χ3v) is 5.65. The van der Waals surface area contributed by atoms with Gasteiger partial charge in [0.05, 0.1) is 0 Å². The Kier molecular flexibility index (Phi) is 11.6. The second-order valence-electron chi connectivity index (χ2n) is 9.04. The van der Waals surface area contributed by atoms with Crippen LogP contribution in [0.4, 0.5) is 0 Å². The van der Waals surface area contributed by atoms with Crippen molar-refractivity contribution in [2.24, 2.45) is 0 Å². The summed E-state index contributed by atoms with van der Waals surface area (Å²) in [6, 6.07) is 19.0. The first-order chi connectivity index (χ1) is 18.5. The molecular formula is C31H36O8. The van der Waals surface area contributed by atoms with E-state index in [0.717, 1.165) is 0 Å². The third kappa shape index (κ3) is 9.92. The largest absolute Gasteiger partial charge is 0.508 e. The van der Waals surface area contributed by atoms with Crippen LogP contribution in [0.5, 0.6) is 46.0 Å². The standard InChI is InChI=1S/C22H22O6.C6H6O2.C3H8/c23-16-5-3-13(20(26)10-16)1-2-14(19-8-7-18(25)12-22(19)28)9-15-4-6-17(24)11-21(15)27;7-5-2-1-3-6(8)4-5;1-3-2/h3-8,10-12,14,23-28H,1-2,9H2;1-4,7-8H;3H2,1-2H3. The van der Waals surface area contributed by atoms with Crippen molar-refractivity contribution < 1.29 is 40.9 Å². The highest BCUT2D eigenvalue weighted by molar-refractivity contribution is 5.45. The van der Waals surface area contributed by atoms with Crippen molar-refractivity contribution in [2.45, 2.75) is 45.4 Å². The quantitative estimate of drug-likeness (QED) is 0.140. The monoisotopic (exact) mass is 536 g/mol. The summed E-state index contributed by atoms with van der Waals surface area (Å²) in [6.45, 7) is 4.25. The summed E-state index contributed by atoms with van der Waals surface area (Å²) >= 11 is 0. The number of phenols is 8. The summed E-state index contributed by atoms with van der Waals surface area (Å²) in [5.74, 6) is -0.291. The van der Waals surface area contributed by atoms with Crippen molar-refractivity contribution in [2.75, 3.05) is 0 Å². The fraction of sp³-hybridized carbons (Fsp3) is 0.226. The van der Waals surface area contributed by atoms with E-state index in [2.05, 4.69) is 13.8 Å². The van der Waals surface area contributed by atoms with Crippen LogP contribution in [-0.4, -0.2) is 40.9 Å². The molecule has 0 saturated carbocycles. The molecule has 1 unspecified atom stereocenters. The molecule has 0 heterocycles. The molecule has 8 nitrogen and oxygen atoms in total. The van der Waals surface area contributed by atoms with Crippen molar-refractivity contribution in [3.8, 4) is 46.0 Å². The van der Waals surface area contributed by atoms with E-state index in [9.17, 15) is 30.6 Å². The van der Waals surface area contributed by atoms with Crippen molar-refractivity contribution in [1.29, 1.82) is 0 Å². The lowest BCUT2D eigenvalue weighted by Gasteiger charge is -2.20. The molecule has 4 aromatic rings.